The van der Waals surface area contributed by atoms with E-state index in [1.54, 1.807) is 18.2 Å². The molecule has 0 aliphatic rings. The predicted molar refractivity (Wildman–Crippen MR) is 77.6 cm³/mol. The van der Waals surface area contributed by atoms with Gasteiger partial charge in [-0.3, -0.25) is 4.79 Å². The smallest absolute Gasteiger partial charge is 0.324 e. The van der Waals surface area contributed by atoms with E-state index in [4.69, 9.17) is 9.84 Å². The summed E-state index contributed by atoms with van der Waals surface area (Å²) in [6.07, 6.45) is 0. The Kier molecular flexibility index (Phi) is 4.56. The third-order valence-electron chi connectivity index (χ3n) is 2.96. The van der Waals surface area contributed by atoms with Gasteiger partial charge in [-0.2, -0.15) is 4.72 Å². The highest BCUT2D eigenvalue weighted by Gasteiger charge is 2.25. The molecule has 0 radical (unpaired) electrons. The minimum absolute atomic E-state index is 0.0172. The maximum absolute atomic E-state index is 12.2. The van der Waals surface area contributed by atoms with Crippen molar-refractivity contribution >= 4 is 26.8 Å². The molecule has 0 bridgehead atoms. The Balaban J connectivity index is 2.34. The van der Waals surface area contributed by atoms with Crippen LogP contribution in [0.5, 0.6) is 0 Å². The van der Waals surface area contributed by atoms with Crippen molar-refractivity contribution in [2.75, 3.05) is 13.7 Å². The first-order chi connectivity index (χ1) is 9.94. The van der Waals surface area contributed by atoms with Gasteiger partial charge in [-0.15, -0.1) is 0 Å². The number of carboxylic acid groups (broad SMARTS) is 1. The summed E-state index contributed by atoms with van der Waals surface area (Å²) in [6.45, 7) is -0.248. The van der Waals surface area contributed by atoms with Crippen LogP contribution in [0, 0.1) is 0 Å². The van der Waals surface area contributed by atoms with Gasteiger partial charge in [0.2, 0.25) is 10.0 Å². The number of benzene rings is 2. The van der Waals surface area contributed by atoms with Gasteiger partial charge in [0.15, 0.2) is 0 Å². The fourth-order valence-electron chi connectivity index (χ4n) is 1.91. The Bertz CT molecular complexity index is 757. The van der Waals surface area contributed by atoms with Crippen LogP contribution in [0.25, 0.3) is 10.8 Å². The average Bonchev–Trinajstić information content (AvgIpc) is 2.46. The number of rotatable bonds is 6. The van der Waals surface area contributed by atoms with E-state index in [2.05, 4.69) is 4.72 Å². The van der Waals surface area contributed by atoms with E-state index in [0.29, 0.717) is 0 Å². The Morgan fingerprint density at radius 2 is 1.90 bits per heavy atom. The number of nitrogens with one attached hydrogen (secondary N) is 1. The highest BCUT2D eigenvalue weighted by molar-refractivity contribution is 7.89. The van der Waals surface area contributed by atoms with Crippen LogP contribution >= 0.6 is 0 Å². The van der Waals surface area contributed by atoms with E-state index in [9.17, 15) is 13.2 Å². The van der Waals surface area contributed by atoms with Gasteiger partial charge in [0.25, 0.3) is 0 Å². The third kappa shape index (κ3) is 3.57. The van der Waals surface area contributed by atoms with Gasteiger partial charge in [-0.1, -0.05) is 30.3 Å². The SMILES string of the molecule is COCC(NS(=O)(=O)c1ccc2ccccc2c1)C(=O)O. The number of carboxylic acids is 1. The molecule has 0 aliphatic carbocycles. The van der Waals surface area contributed by atoms with E-state index in [1.165, 1.54) is 19.2 Å². The molecule has 1 unspecified atom stereocenters. The number of aliphatic carboxylic acids is 1. The standard InChI is InChI=1S/C14H15NO5S/c1-20-9-13(14(16)17)15-21(18,19)12-7-6-10-4-2-3-5-11(10)8-12/h2-8,13,15H,9H2,1H3,(H,16,17). The zero-order valence-corrected chi connectivity index (χ0v) is 12.1. The maximum atomic E-state index is 12.2. The van der Waals surface area contributed by atoms with Crippen molar-refractivity contribution in [2.24, 2.45) is 0 Å². The van der Waals surface area contributed by atoms with E-state index in [-0.39, 0.29) is 11.5 Å². The number of sulfonamides is 1. The molecule has 6 nitrogen and oxygen atoms in total. The largest absolute Gasteiger partial charge is 0.480 e. The summed E-state index contributed by atoms with van der Waals surface area (Å²) < 4.78 is 31.3. The van der Waals surface area contributed by atoms with Crippen LogP contribution in [0.1, 0.15) is 0 Å². The third-order valence-corrected chi connectivity index (χ3v) is 4.43. The molecule has 112 valence electrons. The minimum atomic E-state index is -3.93. The van der Waals surface area contributed by atoms with Crippen LogP contribution in [-0.2, 0) is 19.6 Å². The lowest BCUT2D eigenvalue weighted by Gasteiger charge is -2.14. The van der Waals surface area contributed by atoms with E-state index in [1.807, 2.05) is 12.1 Å². The molecule has 0 spiro atoms. The highest BCUT2D eigenvalue weighted by Crippen LogP contribution is 2.19. The molecule has 1 atom stereocenters. The molecule has 7 heteroatoms. The minimum Gasteiger partial charge on any atom is -0.480 e. The first-order valence-electron chi connectivity index (χ1n) is 6.17. The van der Waals surface area contributed by atoms with Crippen LogP contribution in [0.15, 0.2) is 47.4 Å². The molecule has 0 saturated carbocycles. The summed E-state index contributed by atoms with van der Waals surface area (Å²) in [5, 5.41) is 10.6. The van der Waals surface area contributed by atoms with Crippen molar-refractivity contribution < 1.29 is 23.1 Å². The predicted octanol–water partition coefficient (Wildman–Crippen LogP) is 1.22. The number of fused-ring (bicyclic) bond motifs is 1. The van der Waals surface area contributed by atoms with Crippen molar-refractivity contribution in [1.82, 2.24) is 4.72 Å². The molecule has 2 aromatic rings. The summed E-state index contributed by atoms with van der Waals surface area (Å²) in [5.74, 6) is -1.29. The Hall–Kier alpha value is -1.96. The summed E-state index contributed by atoms with van der Waals surface area (Å²) in [4.78, 5) is 11.0. The van der Waals surface area contributed by atoms with Gasteiger partial charge in [0.1, 0.15) is 6.04 Å². The molecular weight excluding hydrogens is 294 g/mol. The number of ether oxygens (including phenoxy) is 1. The summed E-state index contributed by atoms with van der Waals surface area (Å²) in [5.41, 5.74) is 0. The molecule has 0 aliphatic heterocycles. The molecule has 0 amide bonds. The molecule has 2 aromatic carbocycles. The van der Waals surface area contributed by atoms with Crippen molar-refractivity contribution in [1.29, 1.82) is 0 Å². The van der Waals surface area contributed by atoms with E-state index < -0.39 is 22.0 Å². The fourth-order valence-corrected chi connectivity index (χ4v) is 3.12. The Labute approximate surface area is 122 Å². The van der Waals surface area contributed by atoms with Crippen LogP contribution in [-0.4, -0.2) is 39.3 Å². The van der Waals surface area contributed by atoms with E-state index in [0.717, 1.165) is 10.8 Å². The second kappa shape index (κ2) is 6.21. The lowest BCUT2D eigenvalue weighted by molar-refractivity contribution is -0.140. The number of hydrogen-bond donors (Lipinski definition) is 2. The number of carbonyl (C=O) groups is 1. The van der Waals surface area contributed by atoms with Gasteiger partial charge in [-0.25, -0.2) is 8.42 Å². The van der Waals surface area contributed by atoms with Crippen molar-refractivity contribution in [3.63, 3.8) is 0 Å². The monoisotopic (exact) mass is 309 g/mol. The average molecular weight is 309 g/mol. The fraction of sp³-hybridized carbons (Fsp3) is 0.214. The number of methoxy groups -OCH3 is 1. The second-order valence-corrected chi connectivity index (χ2v) is 6.19. The zero-order valence-electron chi connectivity index (χ0n) is 11.3. The Morgan fingerprint density at radius 3 is 2.52 bits per heavy atom. The molecule has 21 heavy (non-hydrogen) atoms. The summed E-state index contributed by atoms with van der Waals surface area (Å²) >= 11 is 0. The zero-order chi connectivity index (χ0) is 15.5. The molecule has 0 heterocycles. The van der Waals surface area contributed by atoms with E-state index >= 15 is 0 Å². The first kappa shape index (κ1) is 15.4. The lowest BCUT2D eigenvalue weighted by atomic mass is 10.1. The van der Waals surface area contributed by atoms with Gasteiger partial charge < -0.3 is 9.84 Å². The molecule has 0 aromatic heterocycles. The molecule has 0 saturated heterocycles. The quantitative estimate of drug-likeness (QED) is 0.837. The number of hydrogen-bond acceptors (Lipinski definition) is 4. The van der Waals surface area contributed by atoms with Crippen LogP contribution in [0.2, 0.25) is 0 Å². The van der Waals surface area contributed by atoms with Gasteiger partial charge in [0, 0.05) is 7.11 Å². The van der Waals surface area contributed by atoms with Crippen LogP contribution < -0.4 is 4.72 Å². The lowest BCUT2D eigenvalue weighted by Crippen LogP contribution is -2.43. The van der Waals surface area contributed by atoms with Crippen molar-refractivity contribution in [3.8, 4) is 0 Å². The van der Waals surface area contributed by atoms with Crippen molar-refractivity contribution in [3.05, 3.63) is 42.5 Å². The highest BCUT2D eigenvalue weighted by atomic mass is 32.2. The van der Waals surface area contributed by atoms with Crippen LogP contribution in [0.3, 0.4) is 0 Å². The van der Waals surface area contributed by atoms with Crippen LogP contribution in [0.4, 0.5) is 0 Å². The molecular formula is C14H15NO5S. The summed E-state index contributed by atoms with van der Waals surface area (Å²) in [6, 6.07) is 10.6. The van der Waals surface area contributed by atoms with Gasteiger partial charge in [0.05, 0.1) is 11.5 Å². The molecule has 0 fully saturated rings. The van der Waals surface area contributed by atoms with Crippen molar-refractivity contribution in [2.45, 2.75) is 10.9 Å². The molecule has 2 N–H and O–H groups in total. The summed E-state index contributed by atoms with van der Waals surface area (Å²) in [7, 11) is -2.62. The molecule has 2 rings (SSSR count). The topological polar surface area (TPSA) is 92.7 Å². The first-order valence-corrected chi connectivity index (χ1v) is 7.65. The maximum Gasteiger partial charge on any atom is 0.324 e. The van der Waals surface area contributed by atoms with Gasteiger partial charge >= 0.3 is 5.97 Å². The van der Waals surface area contributed by atoms with Gasteiger partial charge in [-0.05, 0) is 22.9 Å². The normalized spacial score (nSPS) is 13.2. The second-order valence-electron chi connectivity index (χ2n) is 4.48. The Morgan fingerprint density at radius 1 is 1.24 bits per heavy atom.